The Morgan fingerprint density at radius 2 is 1.84 bits per heavy atom. The monoisotopic (exact) mass is 434 g/mol. The molecule has 0 radical (unpaired) electrons. The summed E-state index contributed by atoms with van der Waals surface area (Å²) in [6.45, 7) is 2.57. The normalized spacial score (nSPS) is 14.8. The van der Waals surface area contributed by atoms with Gasteiger partial charge in [-0.25, -0.2) is 4.79 Å². The quantitative estimate of drug-likeness (QED) is 0.286. The standard InChI is InChI=1S/C19H26N6O6/c1-9(26)16(10(2)27)23-19(30)22-14(8-15(21)29)18-24-17(25-31-18)13(20)7-11-3-5-12(28)6-4-11/h3-6,9,13-14,16,26,28H,7-8,20H2,1-2H3,(H2,21,29)(H2,22,23,30)/t9?,13-,14-,16-/m0/s1. The van der Waals surface area contributed by atoms with Crippen LogP contribution in [-0.2, 0) is 16.0 Å². The molecule has 0 aliphatic heterocycles. The van der Waals surface area contributed by atoms with Gasteiger partial charge < -0.3 is 36.8 Å². The number of aliphatic hydroxyl groups excluding tert-OH is 1. The number of nitrogens with two attached hydrogens (primary N) is 2. The SMILES string of the molecule is CC(=O)[C@@H](NC(=O)N[C@@H](CC(N)=O)c1nc([C@@H](N)Cc2ccc(O)cc2)no1)C(C)O. The lowest BCUT2D eigenvalue weighted by molar-refractivity contribution is -0.121. The minimum absolute atomic E-state index is 0.0958. The molecule has 1 aromatic heterocycles. The lowest BCUT2D eigenvalue weighted by atomic mass is 10.1. The fourth-order valence-corrected chi connectivity index (χ4v) is 2.82. The molecule has 0 spiro atoms. The van der Waals surface area contributed by atoms with Crippen molar-refractivity contribution in [3.63, 3.8) is 0 Å². The molecule has 0 saturated heterocycles. The first-order valence-corrected chi connectivity index (χ1v) is 9.47. The summed E-state index contributed by atoms with van der Waals surface area (Å²) >= 11 is 0. The third-order valence-corrected chi connectivity index (χ3v) is 4.40. The van der Waals surface area contributed by atoms with E-state index >= 15 is 0 Å². The maximum Gasteiger partial charge on any atom is 0.316 e. The van der Waals surface area contributed by atoms with E-state index < -0.39 is 42.0 Å². The topological polar surface area (TPSA) is 207 Å². The molecule has 1 heterocycles. The number of aliphatic hydroxyl groups is 1. The number of carbonyl (C=O) groups excluding carboxylic acids is 3. The second-order valence-corrected chi connectivity index (χ2v) is 7.14. The number of hydrogen-bond acceptors (Lipinski definition) is 9. The number of amides is 3. The van der Waals surface area contributed by atoms with Crippen LogP contribution in [-0.4, -0.2) is 50.2 Å². The van der Waals surface area contributed by atoms with Gasteiger partial charge in [0, 0.05) is 0 Å². The van der Waals surface area contributed by atoms with Crippen LogP contribution in [0, 0.1) is 0 Å². The fraction of sp³-hybridized carbons (Fsp3) is 0.421. The molecule has 8 N–H and O–H groups in total. The molecule has 0 aliphatic rings. The summed E-state index contributed by atoms with van der Waals surface area (Å²) in [6.07, 6.45) is -1.12. The van der Waals surface area contributed by atoms with Gasteiger partial charge in [0.05, 0.1) is 18.6 Å². The third-order valence-electron chi connectivity index (χ3n) is 4.40. The lowest BCUT2D eigenvalue weighted by Crippen LogP contribution is -2.51. The highest BCUT2D eigenvalue weighted by molar-refractivity contribution is 5.87. The van der Waals surface area contributed by atoms with E-state index in [1.807, 2.05) is 0 Å². The molecule has 0 bridgehead atoms. The van der Waals surface area contributed by atoms with E-state index in [4.69, 9.17) is 16.0 Å². The van der Waals surface area contributed by atoms with Crippen molar-refractivity contribution in [2.45, 2.75) is 50.9 Å². The molecule has 2 rings (SSSR count). The van der Waals surface area contributed by atoms with Crippen molar-refractivity contribution in [3.05, 3.63) is 41.5 Å². The zero-order chi connectivity index (χ0) is 23.1. The second-order valence-electron chi connectivity index (χ2n) is 7.14. The predicted octanol–water partition coefficient (Wildman–Crippen LogP) is -0.428. The van der Waals surface area contributed by atoms with Gasteiger partial charge in [0.1, 0.15) is 17.8 Å². The minimum atomic E-state index is -1.13. The first-order valence-electron chi connectivity index (χ1n) is 9.47. The Hall–Kier alpha value is -3.51. The summed E-state index contributed by atoms with van der Waals surface area (Å²) in [7, 11) is 0. The Morgan fingerprint density at radius 3 is 2.39 bits per heavy atom. The molecule has 31 heavy (non-hydrogen) atoms. The van der Waals surface area contributed by atoms with Gasteiger partial charge in [-0.1, -0.05) is 17.3 Å². The number of Topliss-reactive ketones (excluding diaryl/α,β-unsaturated/α-hetero) is 1. The van der Waals surface area contributed by atoms with Crippen molar-refractivity contribution in [2.24, 2.45) is 11.5 Å². The number of aromatic hydroxyl groups is 1. The first-order chi connectivity index (χ1) is 14.6. The van der Waals surface area contributed by atoms with Crippen LogP contribution < -0.4 is 22.1 Å². The molecule has 0 fully saturated rings. The van der Waals surface area contributed by atoms with E-state index in [0.717, 1.165) is 5.56 Å². The van der Waals surface area contributed by atoms with E-state index in [0.29, 0.717) is 6.42 Å². The summed E-state index contributed by atoms with van der Waals surface area (Å²) in [4.78, 5) is 39.4. The summed E-state index contributed by atoms with van der Waals surface area (Å²) in [6, 6.07) is 2.76. The largest absolute Gasteiger partial charge is 0.508 e. The molecule has 12 heteroatoms. The second kappa shape index (κ2) is 10.5. The zero-order valence-corrected chi connectivity index (χ0v) is 17.1. The van der Waals surface area contributed by atoms with Crippen molar-refractivity contribution < 1.29 is 29.1 Å². The molecule has 2 aromatic rings. The van der Waals surface area contributed by atoms with Crippen LogP contribution in [0.2, 0.25) is 0 Å². The van der Waals surface area contributed by atoms with Crippen molar-refractivity contribution in [2.75, 3.05) is 0 Å². The molecular formula is C19H26N6O6. The van der Waals surface area contributed by atoms with E-state index in [1.54, 1.807) is 12.1 Å². The predicted molar refractivity (Wildman–Crippen MR) is 107 cm³/mol. The number of nitrogens with zero attached hydrogens (tertiary/aromatic N) is 2. The van der Waals surface area contributed by atoms with Crippen LogP contribution in [0.25, 0.3) is 0 Å². The molecule has 12 nitrogen and oxygen atoms in total. The lowest BCUT2D eigenvalue weighted by Gasteiger charge is -2.20. The van der Waals surface area contributed by atoms with Crippen molar-refractivity contribution in [3.8, 4) is 5.75 Å². The summed E-state index contributed by atoms with van der Waals surface area (Å²) < 4.78 is 5.16. The van der Waals surface area contributed by atoms with Crippen molar-refractivity contribution in [1.29, 1.82) is 0 Å². The smallest absolute Gasteiger partial charge is 0.316 e. The Labute approximate surface area is 178 Å². The third kappa shape index (κ3) is 7.04. The summed E-state index contributed by atoms with van der Waals surface area (Å²) in [5.41, 5.74) is 12.2. The number of urea groups is 1. The van der Waals surface area contributed by atoms with Gasteiger partial charge >= 0.3 is 6.03 Å². The summed E-state index contributed by atoms with van der Waals surface area (Å²) in [5.74, 6) is -1.01. The van der Waals surface area contributed by atoms with Gasteiger partial charge in [0.15, 0.2) is 11.6 Å². The summed E-state index contributed by atoms with van der Waals surface area (Å²) in [5, 5.41) is 27.5. The van der Waals surface area contributed by atoms with Crippen LogP contribution in [0.1, 0.15) is 49.6 Å². The number of primary amides is 1. The minimum Gasteiger partial charge on any atom is -0.508 e. The van der Waals surface area contributed by atoms with E-state index in [-0.39, 0.29) is 23.9 Å². The van der Waals surface area contributed by atoms with E-state index in [2.05, 4.69) is 20.8 Å². The first kappa shape index (κ1) is 23.8. The number of ketones is 1. The molecule has 1 aromatic carbocycles. The van der Waals surface area contributed by atoms with Crippen molar-refractivity contribution in [1.82, 2.24) is 20.8 Å². The Kier molecular flexibility index (Phi) is 8.05. The molecule has 168 valence electrons. The van der Waals surface area contributed by atoms with Gasteiger partial charge in [-0.15, -0.1) is 0 Å². The Balaban J connectivity index is 2.11. The molecule has 0 saturated carbocycles. The number of aromatic nitrogens is 2. The van der Waals surface area contributed by atoms with Gasteiger partial charge in [-0.3, -0.25) is 9.59 Å². The van der Waals surface area contributed by atoms with Crippen molar-refractivity contribution >= 4 is 17.7 Å². The molecular weight excluding hydrogens is 408 g/mol. The van der Waals surface area contributed by atoms with Crippen LogP contribution in [0.5, 0.6) is 5.75 Å². The van der Waals surface area contributed by atoms with Gasteiger partial charge in [-0.05, 0) is 38.0 Å². The van der Waals surface area contributed by atoms with Gasteiger partial charge in [0.2, 0.25) is 11.8 Å². The Morgan fingerprint density at radius 1 is 1.19 bits per heavy atom. The maximum atomic E-state index is 12.3. The number of benzene rings is 1. The van der Waals surface area contributed by atoms with E-state index in [1.165, 1.54) is 26.0 Å². The molecule has 0 aliphatic carbocycles. The molecule has 1 unspecified atom stereocenters. The zero-order valence-electron chi connectivity index (χ0n) is 17.1. The number of hydrogen-bond donors (Lipinski definition) is 6. The average Bonchev–Trinajstić information content (AvgIpc) is 3.17. The van der Waals surface area contributed by atoms with Crippen LogP contribution in [0.4, 0.5) is 4.79 Å². The van der Waals surface area contributed by atoms with Gasteiger partial charge in [-0.2, -0.15) is 4.98 Å². The number of phenolic OH excluding ortho intramolecular Hbond substituents is 1. The highest BCUT2D eigenvalue weighted by Gasteiger charge is 2.28. The average molecular weight is 434 g/mol. The maximum absolute atomic E-state index is 12.3. The fourth-order valence-electron chi connectivity index (χ4n) is 2.82. The molecule has 4 atom stereocenters. The Bertz CT molecular complexity index is 913. The highest BCUT2D eigenvalue weighted by atomic mass is 16.5. The van der Waals surface area contributed by atoms with Gasteiger partial charge in [0.25, 0.3) is 0 Å². The number of rotatable bonds is 10. The number of carbonyl (C=O) groups is 3. The number of phenols is 1. The number of nitrogens with one attached hydrogen (secondary N) is 2. The molecule has 3 amide bonds. The van der Waals surface area contributed by atoms with Crippen LogP contribution in [0.3, 0.4) is 0 Å². The van der Waals surface area contributed by atoms with Crippen LogP contribution in [0.15, 0.2) is 28.8 Å². The van der Waals surface area contributed by atoms with Crippen LogP contribution >= 0.6 is 0 Å². The highest BCUT2D eigenvalue weighted by Crippen LogP contribution is 2.20. The van der Waals surface area contributed by atoms with E-state index in [9.17, 15) is 24.6 Å².